The van der Waals surface area contributed by atoms with Crippen molar-refractivity contribution >= 4 is 29.3 Å². The van der Waals surface area contributed by atoms with Crippen molar-refractivity contribution < 1.29 is 9.90 Å². The highest BCUT2D eigenvalue weighted by molar-refractivity contribution is 7.98. The first-order valence-electron chi connectivity index (χ1n) is 6.83. The van der Waals surface area contributed by atoms with Crippen molar-refractivity contribution in [2.45, 2.75) is 37.7 Å². The van der Waals surface area contributed by atoms with Crippen LogP contribution in [0.15, 0.2) is 23.1 Å². The normalized spacial score (nSPS) is 12.5. The smallest absolute Gasteiger partial charge is 0.252 e. The zero-order valence-corrected chi connectivity index (χ0v) is 13.7. The summed E-state index contributed by atoms with van der Waals surface area (Å²) in [5.41, 5.74) is 0.454. The highest BCUT2D eigenvalue weighted by Gasteiger charge is 2.17. The third kappa shape index (κ3) is 4.69. The zero-order valence-electron chi connectivity index (χ0n) is 12.1. The van der Waals surface area contributed by atoms with Crippen molar-refractivity contribution in [1.29, 1.82) is 0 Å². The number of nitrogens with one attached hydrogen (secondary N) is 1. The fourth-order valence-electron chi connectivity index (χ4n) is 2.10. The Labute approximate surface area is 130 Å². The Balaban J connectivity index is 2.67. The van der Waals surface area contributed by atoms with Crippen LogP contribution >= 0.6 is 23.4 Å². The molecule has 2 N–H and O–H groups in total. The number of rotatable bonds is 7. The van der Waals surface area contributed by atoms with Gasteiger partial charge in [-0.15, -0.1) is 11.8 Å². The second kappa shape index (κ2) is 8.55. The van der Waals surface area contributed by atoms with E-state index in [1.807, 2.05) is 26.2 Å². The first-order valence-corrected chi connectivity index (χ1v) is 8.43. The minimum atomic E-state index is -0.517. The van der Waals surface area contributed by atoms with Gasteiger partial charge in [-0.25, -0.2) is 0 Å². The summed E-state index contributed by atoms with van der Waals surface area (Å²) in [6.45, 7) is 4.33. The molecule has 3 nitrogen and oxygen atoms in total. The minimum Gasteiger partial charge on any atom is -0.391 e. The van der Waals surface area contributed by atoms with Crippen LogP contribution < -0.4 is 5.32 Å². The number of thioether (sulfide) groups is 1. The Morgan fingerprint density at radius 1 is 1.40 bits per heavy atom. The van der Waals surface area contributed by atoms with Gasteiger partial charge in [0, 0.05) is 11.4 Å². The van der Waals surface area contributed by atoms with Gasteiger partial charge >= 0.3 is 0 Å². The van der Waals surface area contributed by atoms with Gasteiger partial charge in [0.05, 0.1) is 16.7 Å². The summed E-state index contributed by atoms with van der Waals surface area (Å²) in [6.07, 6.45) is 3.23. The number of carbonyl (C=O) groups is 1. The number of carbonyl (C=O) groups excluding carboxylic acids is 1. The van der Waals surface area contributed by atoms with E-state index in [0.717, 1.165) is 17.7 Å². The minimum absolute atomic E-state index is 0.211. The maximum absolute atomic E-state index is 12.1. The van der Waals surface area contributed by atoms with E-state index in [1.54, 1.807) is 23.9 Å². The zero-order chi connectivity index (χ0) is 15.1. The number of halogens is 1. The van der Waals surface area contributed by atoms with Crippen LogP contribution in [0.2, 0.25) is 5.02 Å². The van der Waals surface area contributed by atoms with E-state index >= 15 is 0 Å². The van der Waals surface area contributed by atoms with Crippen LogP contribution in [-0.4, -0.2) is 29.9 Å². The molecule has 1 atom stereocenters. The summed E-state index contributed by atoms with van der Waals surface area (Å²) >= 11 is 7.61. The van der Waals surface area contributed by atoms with Crippen molar-refractivity contribution in [3.05, 3.63) is 28.8 Å². The maximum atomic E-state index is 12.1. The SMILES string of the molecule is CCC(CC)C(O)CNC(=O)c1cc(SC)ccc1Cl. The molecule has 0 bridgehead atoms. The van der Waals surface area contributed by atoms with Crippen LogP contribution in [-0.2, 0) is 0 Å². The molecule has 0 heterocycles. The van der Waals surface area contributed by atoms with E-state index in [0.29, 0.717) is 10.6 Å². The molecule has 0 saturated carbocycles. The summed E-state index contributed by atoms with van der Waals surface area (Å²) in [7, 11) is 0. The van der Waals surface area contributed by atoms with Gasteiger partial charge in [0.25, 0.3) is 5.91 Å². The molecule has 1 amide bonds. The molecule has 0 radical (unpaired) electrons. The Hall–Kier alpha value is -0.710. The number of hydrogen-bond acceptors (Lipinski definition) is 3. The van der Waals surface area contributed by atoms with E-state index in [1.165, 1.54) is 0 Å². The average Bonchev–Trinajstić information content (AvgIpc) is 2.46. The molecule has 0 aromatic heterocycles. The lowest BCUT2D eigenvalue weighted by molar-refractivity contribution is 0.0816. The van der Waals surface area contributed by atoms with E-state index < -0.39 is 6.10 Å². The largest absolute Gasteiger partial charge is 0.391 e. The van der Waals surface area contributed by atoms with Crippen LogP contribution in [0.1, 0.15) is 37.0 Å². The lowest BCUT2D eigenvalue weighted by Crippen LogP contribution is -2.36. The van der Waals surface area contributed by atoms with Gasteiger partial charge in [-0.05, 0) is 30.4 Å². The third-order valence-electron chi connectivity index (χ3n) is 3.48. The Morgan fingerprint density at radius 3 is 2.60 bits per heavy atom. The molecule has 0 spiro atoms. The summed E-state index contributed by atoms with van der Waals surface area (Å²) in [5, 5.41) is 13.2. The molecule has 0 aliphatic carbocycles. The standard InChI is InChI=1S/C15H22ClNO2S/c1-4-10(5-2)14(18)9-17-15(19)12-8-11(20-3)6-7-13(12)16/h6-8,10,14,18H,4-5,9H2,1-3H3,(H,17,19). The van der Waals surface area contributed by atoms with Crippen LogP contribution in [0.5, 0.6) is 0 Å². The van der Waals surface area contributed by atoms with Gasteiger partial charge in [0.1, 0.15) is 0 Å². The molecular formula is C15H22ClNO2S. The molecule has 112 valence electrons. The Morgan fingerprint density at radius 2 is 2.05 bits per heavy atom. The molecule has 1 unspecified atom stereocenters. The van der Waals surface area contributed by atoms with Crippen molar-refractivity contribution in [3.8, 4) is 0 Å². The van der Waals surface area contributed by atoms with Gasteiger partial charge in [0.15, 0.2) is 0 Å². The second-order valence-electron chi connectivity index (χ2n) is 4.70. The first-order chi connectivity index (χ1) is 9.53. The quantitative estimate of drug-likeness (QED) is 0.756. The van der Waals surface area contributed by atoms with E-state index in [4.69, 9.17) is 11.6 Å². The summed E-state index contributed by atoms with van der Waals surface area (Å²) in [4.78, 5) is 13.1. The third-order valence-corrected chi connectivity index (χ3v) is 4.54. The van der Waals surface area contributed by atoms with E-state index in [-0.39, 0.29) is 18.4 Å². The molecule has 0 fully saturated rings. The van der Waals surface area contributed by atoms with E-state index in [2.05, 4.69) is 5.32 Å². The molecule has 0 aliphatic rings. The van der Waals surface area contributed by atoms with Crippen molar-refractivity contribution in [1.82, 2.24) is 5.32 Å². The topological polar surface area (TPSA) is 49.3 Å². The van der Waals surface area contributed by atoms with Gasteiger partial charge < -0.3 is 10.4 Å². The van der Waals surface area contributed by atoms with E-state index in [9.17, 15) is 9.90 Å². The van der Waals surface area contributed by atoms with Crippen LogP contribution in [0.3, 0.4) is 0 Å². The second-order valence-corrected chi connectivity index (χ2v) is 5.99. The van der Waals surface area contributed by atoms with Crippen LogP contribution in [0.25, 0.3) is 0 Å². The molecular weight excluding hydrogens is 294 g/mol. The molecule has 0 aliphatic heterocycles. The average molecular weight is 316 g/mol. The maximum Gasteiger partial charge on any atom is 0.252 e. The van der Waals surface area contributed by atoms with Crippen molar-refractivity contribution in [2.24, 2.45) is 5.92 Å². The predicted molar refractivity (Wildman–Crippen MR) is 85.6 cm³/mol. The lowest BCUT2D eigenvalue weighted by atomic mass is 9.96. The summed E-state index contributed by atoms with van der Waals surface area (Å²) in [5.74, 6) is -0.0285. The highest BCUT2D eigenvalue weighted by atomic mass is 35.5. The highest BCUT2D eigenvalue weighted by Crippen LogP contribution is 2.23. The number of amides is 1. The predicted octanol–water partition coefficient (Wildman–Crippen LogP) is 3.59. The number of benzene rings is 1. The number of aliphatic hydroxyl groups excluding tert-OH is 1. The molecule has 0 saturated heterocycles. The van der Waals surface area contributed by atoms with Gasteiger partial charge in [-0.3, -0.25) is 4.79 Å². The summed E-state index contributed by atoms with van der Waals surface area (Å²) < 4.78 is 0. The fraction of sp³-hybridized carbons (Fsp3) is 0.533. The van der Waals surface area contributed by atoms with Gasteiger partial charge in [-0.1, -0.05) is 38.3 Å². The summed E-state index contributed by atoms with van der Waals surface area (Å²) in [6, 6.07) is 5.37. The number of aliphatic hydroxyl groups is 1. The monoisotopic (exact) mass is 315 g/mol. The lowest BCUT2D eigenvalue weighted by Gasteiger charge is -2.20. The van der Waals surface area contributed by atoms with Crippen LogP contribution in [0, 0.1) is 5.92 Å². The number of hydrogen-bond donors (Lipinski definition) is 2. The molecule has 5 heteroatoms. The van der Waals surface area contributed by atoms with Gasteiger partial charge in [0.2, 0.25) is 0 Å². The van der Waals surface area contributed by atoms with Crippen LogP contribution in [0.4, 0.5) is 0 Å². The Bertz CT molecular complexity index is 449. The molecule has 1 aromatic carbocycles. The Kier molecular flexibility index (Phi) is 7.41. The van der Waals surface area contributed by atoms with Crippen molar-refractivity contribution in [2.75, 3.05) is 12.8 Å². The molecule has 20 heavy (non-hydrogen) atoms. The first kappa shape index (κ1) is 17.3. The fourth-order valence-corrected chi connectivity index (χ4v) is 2.74. The molecule has 1 rings (SSSR count). The molecule has 1 aromatic rings. The van der Waals surface area contributed by atoms with Gasteiger partial charge in [-0.2, -0.15) is 0 Å². The van der Waals surface area contributed by atoms with Crippen molar-refractivity contribution in [3.63, 3.8) is 0 Å².